The highest BCUT2D eigenvalue weighted by atomic mass is 32.1. The van der Waals surface area contributed by atoms with Gasteiger partial charge in [0.25, 0.3) is 0 Å². The summed E-state index contributed by atoms with van der Waals surface area (Å²) >= 11 is 3.53. The van der Waals surface area contributed by atoms with Crippen LogP contribution in [0.1, 0.15) is 26.3 Å². The third kappa shape index (κ3) is 3.82. The summed E-state index contributed by atoms with van der Waals surface area (Å²) in [6.07, 6.45) is 1.69. The molecule has 1 heteroatoms. The van der Waals surface area contributed by atoms with Crippen molar-refractivity contribution in [2.75, 3.05) is 6.26 Å². The summed E-state index contributed by atoms with van der Waals surface area (Å²) in [5.41, 5.74) is 1.69. The molecule has 0 aliphatic carbocycles. The summed E-state index contributed by atoms with van der Waals surface area (Å²) < 4.78 is 0. The topological polar surface area (TPSA) is 0 Å². The van der Waals surface area contributed by atoms with Crippen molar-refractivity contribution in [1.82, 2.24) is 0 Å². The van der Waals surface area contributed by atoms with Gasteiger partial charge in [0, 0.05) is 0 Å². The minimum Gasteiger partial charge on any atom is -0.183 e. The molecule has 0 fully saturated rings. The first-order valence-corrected chi connectivity index (χ1v) is 5.00. The van der Waals surface area contributed by atoms with Gasteiger partial charge in [-0.15, -0.1) is 0 Å². The summed E-state index contributed by atoms with van der Waals surface area (Å²) in [7, 11) is 0. The van der Waals surface area contributed by atoms with Crippen LogP contribution in [0.5, 0.6) is 0 Å². The summed E-state index contributed by atoms with van der Waals surface area (Å²) in [6, 6.07) is 10.6. The number of benzene rings is 1. The van der Waals surface area contributed by atoms with Crippen LogP contribution in [0.2, 0.25) is 0 Å². The Morgan fingerprint density at radius 2 is 1.33 bits per heavy atom. The second kappa shape index (κ2) is 5.26. The van der Waals surface area contributed by atoms with E-state index in [9.17, 15) is 0 Å². The lowest BCUT2D eigenvalue weighted by molar-refractivity contribution is 0.590. The smallest absolute Gasteiger partial charge is 0.0132 e. The van der Waals surface area contributed by atoms with E-state index in [0.29, 0.717) is 5.41 Å². The van der Waals surface area contributed by atoms with E-state index in [1.807, 2.05) is 0 Å². The molecule has 0 atom stereocenters. The summed E-state index contributed by atoms with van der Waals surface area (Å²) in [6.45, 7) is 6.67. The quantitative estimate of drug-likeness (QED) is 0.583. The van der Waals surface area contributed by atoms with Crippen LogP contribution in [0, 0.1) is 0 Å². The van der Waals surface area contributed by atoms with Gasteiger partial charge in [-0.2, -0.15) is 12.6 Å². The van der Waals surface area contributed by atoms with Crippen molar-refractivity contribution >= 4 is 12.6 Å². The first-order chi connectivity index (χ1) is 5.61. The average molecular weight is 182 g/mol. The molecule has 0 bridgehead atoms. The van der Waals surface area contributed by atoms with Crippen molar-refractivity contribution < 1.29 is 0 Å². The Hall–Kier alpha value is -0.430. The maximum Gasteiger partial charge on any atom is -0.0132 e. The highest BCUT2D eigenvalue weighted by molar-refractivity contribution is 7.79. The van der Waals surface area contributed by atoms with Crippen LogP contribution in [0.3, 0.4) is 0 Å². The zero-order valence-electron chi connectivity index (χ0n) is 8.33. The molecule has 0 saturated heterocycles. The fourth-order valence-electron chi connectivity index (χ4n) is 0.938. The van der Waals surface area contributed by atoms with Crippen LogP contribution >= 0.6 is 12.6 Å². The Kier molecular flexibility index (Phi) is 5.07. The van der Waals surface area contributed by atoms with Gasteiger partial charge in [0.2, 0.25) is 0 Å². The van der Waals surface area contributed by atoms with Gasteiger partial charge in [0.1, 0.15) is 0 Å². The van der Waals surface area contributed by atoms with Gasteiger partial charge in [0.15, 0.2) is 0 Å². The second-order valence-electron chi connectivity index (χ2n) is 3.62. The van der Waals surface area contributed by atoms with E-state index in [-0.39, 0.29) is 0 Å². The Morgan fingerprint density at radius 3 is 1.58 bits per heavy atom. The number of hydrogen-bond acceptors (Lipinski definition) is 1. The van der Waals surface area contributed by atoms with Gasteiger partial charge in [-0.05, 0) is 17.2 Å². The molecule has 0 unspecified atom stereocenters. The highest BCUT2D eigenvalue weighted by Gasteiger charge is 2.11. The van der Waals surface area contributed by atoms with Gasteiger partial charge >= 0.3 is 0 Å². The standard InChI is InChI=1S/C10H14.CH4S/c1-10(2,3)9-7-5-4-6-8-9;1-2/h4-8H,1-3H3;2H,1H3. The Bertz CT molecular complexity index is 196. The van der Waals surface area contributed by atoms with Gasteiger partial charge in [-0.3, -0.25) is 0 Å². The molecule has 0 aromatic heterocycles. The lowest BCUT2D eigenvalue weighted by Gasteiger charge is -2.18. The van der Waals surface area contributed by atoms with Gasteiger partial charge in [-0.25, -0.2) is 0 Å². The first kappa shape index (κ1) is 11.6. The molecule has 1 aromatic rings. The fraction of sp³-hybridized carbons (Fsp3) is 0.455. The maximum atomic E-state index is 3.53. The highest BCUT2D eigenvalue weighted by Crippen LogP contribution is 2.20. The molecule has 0 heterocycles. The zero-order valence-corrected chi connectivity index (χ0v) is 9.23. The van der Waals surface area contributed by atoms with Crippen molar-refractivity contribution in [3.8, 4) is 0 Å². The molecule has 1 aromatic carbocycles. The van der Waals surface area contributed by atoms with Crippen molar-refractivity contribution in [3.63, 3.8) is 0 Å². The molecule has 0 aliphatic heterocycles. The molecule has 12 heavy (non-hydrogen) atoms. The predicted molar refractivity (Wildman–Crippen MR) is 60.1 cm³/mol. The summed E-state index contributed by atoms with van der Waals surface area (Å²) in [4.78, 5) is 0. The zero-order chi connectivity index (χ0) is 9.61. The third-order valence-electron chi connectivity index (χ3n) is 1.64. The molecule has 1 rings (SSSR count). The number of hydrogen-bond donors (Lipinski definition) is 1. The van der Waals surface area contributed by atoms with Gasteiger partial charge < -0.3 is 0 Å². The second-order valence-corrected chi connectivity index (χ2v) is 3.62. The molecule has 0 amide bonds. The van der Waals surface area contributed by atoms with Crippen molar-refractivity contribution in [2.24, 2.45) is 0 Å². The van der Waals surface area contributed by atoms with Gasteiger partial charge in [0.05, 0.1) is 0 Å². The molecule has 0 aliphatic rings. The van der Waals surface area contributed by atoms with E-state index >= 15 is 0 Å². The molecule has 0 nitrogen and oxygen atoms in total. The Labute approximate surface area is 81.4 Å². The summed E-state index contributed by atoms with van der Waals surface area (Å²) in [5, 5.41) is 0. The lowest BCUT2D eigenvalue weighted by Crippen LogP contribution is -2.10. The monoisotopic (exact) mass is 182 g/mol. The predicted octanol–water partition coefficient (Wildman–Crippen LogP) is 3.53. The van der Waals surface area contributed by atoms with E-state index in [0.717, 1.165) is 0 Å². The number of rotatable bonds is 0. The maximum absolute atomic E-state index is 3.53. The molecule has 0 N–H and O–H groups in total. The van der Waals surface area contributed by atoms with E-state index in [4.69, 9.17) is 0 Å². The first-order valence-electron chi connectivity index (χ1n) is 4.11. The SMILES string of the molecule is CC(C)(C)c1ccccc1.CS. The van der Waals surface area contributed by atoms with Gasteiger partial charge in [-0.1, -0.05) is 51.1 Å². The van der Waals surface area contributed by atoms with Crippen molar-refractivity contribution in [1.29, 1.82) is 0 Å². The van der Waals surface area contributed by atoms with Crippen LogP contribution in [0.25, 0.3) is 0 Å². The lowest BCUT2D eigenvalue weighted by atomic mass is 9.87. The van der Waals surface area contributed by atoms with E-state index in [2.05, 4.69) is 63.7 Å². The van der Waals surface area contributed by atoms with Crippen molar-refractivity contribution in [2.45, 2.75) is 26.2 Å². The normalized spacial score (nSPS) is 10.1. The minimum atomic E-state index is 0.293. The molecular weight excluding hydrogens is 164 g/mol. The Balaban J connectivity index is 0.000000561. The minimum absolute atomic E-state index is 0.293. The van der Waals surface area contributed by atoms with Crippen LogP contribution in [-0.4, -0.2) is 6.26 Å². The van der Waals surface area contributed by atoms with Crippen LogP contribution < -0.4 is 0 Å². The molecule has 68 valence electrons. The summed E-state index contributed by atoms with van der Waals surface area (Å²) in [5.74, 6) is 0. The van der Waals surface area contributed by atoms with Crippen LogP contribution in [0.15, 0.2) is 30.3 Å². The molecule has 0 spiro atoms. The average Bonchev–Trinajstić information content (AvgIpc) is 2.08. The van der Waals surface area contributed by atoms with Crippen molar-refractivity contribution in [3.05, 3.63) is 35.9 Å². The van der Waals surface area contributed by atoms with E-state index in [1.54, 1.807) is 6.26 Å². The fourth-order valence-corrected chi connectivity index (χ4v) is 0.938. The molecular formula is C11H18S. The van der Waals surface area contributed by atoms with Crippen LogP contribution in [-0.2, 0) is 5.41 Å². The third-order valence-corrected chi connectivity index (χ3v) is 1.64. The molecule has 0 radical (unpaired) electrons. The Morgan fingerprint density at radius 1 is 0.917 bits per heavy atom. The van der Waals surface area contributed by atoms with E-state index in [1.165, 1.54) is 5.56 Å². The number of thiol groups is 1. The largest absolute Gasteiger partial charge is 0.183 e. The van der Waals surface area contributed by atoms with E-state index < -0.39 is 0 Å². The van der Waals surface area contributed by atoms with Crippen LogP contribution in [0.4, 0.5) is 0 Å². The molecule has 0 saturated carbocycles.